The molecule has 0 atom stereocenters. The molecule has 0 heterocycles. The lowest BCUT2D eigenvalue weighted by Gasteiger charge is -2.09. The van der Waals surface area contributed by atoms with Crippen molar-refractivity contribution in [1.82, 2.24) is 0 Å². The van der Waals surface area contributed by atoms with Crippen LogP contribution in [0.1, 0.15) is 0 Å². The van der Waals surface area contributed by atoms with E-state index in [1.54, 1.807) is 0 Å². The summed E-state index contributed by atoms with van der Waals surface area (Å²) in [6.45, 7) is 0. The Kier molecular flexibility index (Phi) is 5.04. The lowest BCUT2D eigenvalue weighted by atomic mass is 10.2. The Balaban J connectivity index is 3.21. The van der Waals surface area contributed by atoms with Crippen molar-refractivity contribution in [2.24, 2.45) is 0 Å². The van der Waals surface area contributed by atoms with Gasteiger partial charge in [0.2, 0.25) is 0 Å². The van der Waals surface area contributed by atoms with Crippen molar-refractivity contribution in [2.75, 3.05) is 12.4 Å². The van der Waals surface area contributed by atoms with Gasteiger partial charge in [0, 0.05) is 11.1 Å². The first-order valence-electron chi connectivity index (χ1n) is 5.09. The Bertz CT molecular complexity index is 599. The molecule has 0 aliphatic carbocycles. The summed E-state index contributed by atoms with van der Waals surface area (Å²) in [6.07, 6.45) is 0.546. The number of nitro groups is 1. The zero-order chi connectivity index (χ0) is 15.3. The molecule has 2 N–H and O–H groups in total. The normalized spacial score (nSPS) is 10.8. The van der Waals surface area contributed by atoms with Crippen LogP contribution in [0.15, 0.2) is 30.0 Å². The second-order valence-corrected chi connectivity index (χ2v) is 3.87. The van der Waals surface area contributed by atoms with Crippen molar-refractivity contribution >= 4 is 34.9 Å². The smallest absolute Gasteiger partial charge is 0.354 e. The standard InChI is InChI=1S/C11H9ClN2O6/c1-20-11(17)8(5-10(15)16)13-7-3-2-6(12)4-9(7)14(18)19/h2-5,13H,1H3,(H,15,16). The largest absolute Gasteiger partial charge is 0.478 e. The molecule has 8 nitrogen and oxygen atoms in total. The molecule has 0 aliphatic rings. The Hall–Kier alpha value is -2.61. The van der Waals surface area contributed by atoms with Crippen LogP contribution < -0.4 is 5.32 Å². The number of rotatable bonds is 5. The third-order valence-electron chi connectivity index (χ3n) is 2.10. The van der Waals surface area contributed by atoms with Gasteiger partial charge in [-0.05, 0) is 12.1 Å². The fourth-order valence-corrected chi connectivity index (χ4v) is 1.45. The summed E-state index contributed by atoms with van der Waals surface area (Å²) in [5.74, 6) is -2.38. The van der Waals surface area contributed by atoms with Crippen molar-refractivity contribution in [2.45, 2.75) is 0 Å². The van der Waals surface area contributed by atoms with Crippen molar-refractivity contribution in [3.8, 4) is 0 Å². The molecule has 1 aromatic rings. The van der Waals surface area contributed by atoms with Crippen LogP contribution in [0.25, 0.3) is 0 Å². The number of nitro benzene ring substituents is 1. The van der Waals surface area contributed by atoms with Crippen LogP contribution in [-0.2, 0) is 14.3 Å². The van der Waals surface area contributed by atoms with Gasteiger partial charge in [-0.15, -0.1) is 0 Å². The molecular formula is C11H9ClN2O6. The molecule has 0 spiro atoms. The minimum atomic E-state index is -1.41. The van der Waals surface area contributed by atoms with Crippen LogP contribution in [0.4, 0.5) is 11.4 Å². The average molecular weight is 301 g/mol. The maximum Gasteiger partial charge on any atom is 0.354 e. The highest BCUT2D eigenvalue weighted by atomic mass is 35.5. The zero-order valence-corrected chi connectivity index (χ0v) is 10.9. The van der Waals surface area contributed by atoms with E-state index in [9.17, 15) is 19.7 Å². The van der Waals surface area contributed by atoms with Gasteiger partial charge in [0.05, 0.1) is 18.1 Å². The minimum Gasteiger partial charge on any atom is -0.478 e. The summed E-state index contributed by atoms with van der Waals surface area (Å²) in [4.78, 5) is 32.2. The molecule has 0 saturated carbocycles. The van der Waals surface area contributed by atoms with Gasteiger partial charge < -0.3 is 15.2 Å². The number of aliphatic carboxylic acids is 1. The minimum absolute atomic E-state index is 0.0858. The number of benzene rings is 1. The number of carbonyl (C=O) groups is 2. The summed E-state index contributed by atoms with van der Waals surface area (Å²) < 4.78 is 4.38. The van der Waals surface area contributed by atoms with Crippen molar-refractivity contribution < 1.29 is 24.4 Å². The molecule has 0 radical (unpaired) electrons. The molecule has 9 heteroatoms. The van der Waals surface area contributed by atoms with Crippen LogP contribution in [-0.4, -0.2) is 29.1 Å². The SMILES string of the molecule is COC(=O)C(=CC(=O)O)Nc1ccc(Cl)cc1[N+](=O)[O-]. The first-order valence-corrected chi connectivity index (χ1v) is 5.47. The first-order chi connectivity index (χ1) is 9.35. The molecule has 0 aromatic heterocycles. The Morgan fingerprint density at radius 3 is 2.65 bits per heavy atom. The van der Waals surface area contributed by atoms with Crippen LogP contribution in [0, 0.1) is 10.1 Å². The van der Waals surface area contributed by atoms with Gasteiger partial charge >= 0.3 is 11.9 Å². The Morgan fingerprint density at radius 2 is 2.15 bits per heavy atom. The number of hydrogen-bond acceptors (Lipinski definition) is 6. The topological polar surface area (TPSA) is 119 Å². The van der Waals surface area contributed by atoms with Crippen LogP contribution in [0.3, 0.4) is 0 Å². The number of methoxy groups -OCH3 is 1. The molecule has 20 heavy (non-hydrogen) atoms. The molecule has 0 unspecified atom stereocenters. The molecule has 0 amide bonds. The number of nitrogens with one attached hydrogen (secondary N) is 1. The van der Waals surface area contributed by atoms with E-state index < -0.39 is 28.2 Å². The highest BCUT2D eigenvalue weighted by molar-refractivity contribution is 6.31. The third kappa shape index (κ3) is 3.95. The number of anilines is 1. The van der Waals surface area contributed by atoms with Crippen molar-refractivity contribution in [3.05, 3.63) is 45.1 Å². The number of carbonyl (C=O) groups excluding carboxylic acids is 1. The lowest BCUT2D eigenvalue weighted by Crippen LogP contribution is -2.15. The molecule has 1 rings (SSSR count). The highest BCUT2D eigenvalue weighted by Gasteiger charge is 2.19. The van der Waals surface area contributed by atoms with E-state index in [2.05, 4.69) is 10.1 Å². The van der Waals surface area contributed by atoms with Gasteiger partial charge in [-0.3, -0.25) is 10.1 Å². The predicted molar refractivity (Wildman–Crippen MR) is 69.5 cm³/mol. The van der Waals surface area contributed by atoms with Gasteiger partial charge in [0.15, 0.2) is 0 Å². The van der Waals surface area contributed by atoms with Crippen LogP contribution >= 0.6 is 11.6 Å². The molecule has 0 bridgehead atoms. The maximum atomic E-state index is 11.4. The molecule has 0 aliphatic heterocycles. The highest BCUT2D eigenvalue weighted by Crippen LogP contribution is 2.28. The molecule has 0 fully saturated rings. The number of nitrogens with zero attached hydrogens (tertiary/aromatic N) is 1. The number of ether oxygens (including phenoxy) is 1. The first kappa shape index (κ1) is 15.4. The monoisotopic (exact) mass is 300 g/mol. The van der Waals surface area contributed by atoms with E-state index in [0.717, 1.165) is 13.2 Å². The van der Waals surface area contributed by atoms with E-state index in [1.807, 2.05) is 0 Å². The van der Waals surface area contributed by atoms with E-state index in [-0.39, 0.29) is 10.7 Å². The Morgan fingerprint density at radius 1 is 1.50 bits per heavy atom. The number of carboxylic acid groups (broad SMARTS) is 1. The quantitative estimate of drug-likeness (QED) is 0.368. The molecule has 106 valence electrons. The fourth-order valence-electron chi connectivity index (χ4n) is 1.29. The van der Waals surface area contributed by atoms with E-state index >= 15 is 0 Å². The second-order valence-electron chi connectivity index (χ2n) is 3.43. The Labute approximate surface area is 117 Å². The number of hydrogen-bond donors (Lipinski definition) is 2. The van der Waals surface area contributed by atoms with Gasteiger partial charge in [-0.1, -0.05) is 11.6 Å². The average Bonchev–Trinajstić information content (AvgIpc) is 2.38. The molecule has 1 aromatic carbocycles. The number of halogens is 1. The molecular weight excluding hydrogens is 292 g/mol. The maximum absolute atomic E-state index is 11.4. The summed E-state index contributed by atoms with van der Waals surface area (Å²) in [7, 11) is 1.05. The summed E-state index contributed by atoms with van der Waals surface area (Å²) in [5, 5.41) is 22.0. The van der Waals surface area contributed by atoms with Crippen LogP contribution in [0.5, 0.6) is 0 Å². The molecule has 0 saturated heterocycles. The van der Waals surface area contributed by atoms with E-state index in [4.69, 9.17) is 16.7 Å². The van der Waals surface area contributed by atoms with Crippen molar-refractivity contribution in [3.63, 3.8) is 0 Å². The zero-order valence-electron chi connectivity index (χ0n) is 10.1. The lowest BCUT2D eigenvalue weighted by molar-refractivity contribution is -0.383. The predicted octanol–water partition coefficient (Wildman–Crippen LogP) is 1.80. The van der Waals surface area contributed by atoms with E-state index in [1.165, 1.54) is 12.1 Å². The van der Waals surface area contributed by atoms with Crippen molar-refractivity contribution in [1.29, 1.82) is 0 Å². The van der Waals surface area contributed by atoms with Gasteiger partial charge in [0.25, 0.3) is 5.69 Å². The van der Waals surface area contributed by atoms with Gasteiger partial charge in [-0.25, -0.2) is 9.59 Å². The summed E-state index contributed by atoms with van der Waals surface area (Å²) >= 11 is 5.64. The second kappa shape index (κ2) is 6.53. The number of carboxylic acids is 1. The number of esters is 1. The van der Waals surface area contributed by atoms with E-state index in [0.29, 0.717) is 6.08 Å². The summed E-state index contributed by atoms with van der Waals surface area (Å²) in [6, 6.07) is 3.67. The fraction of sp³-hybridized carbons (Fsp3) is 0.0909. The summed E-state index contributed by atoms with van der Waals surface area (Å²) in [5.41, 5.74) is -0.944. The van der Waals surface area contributed by atoms with Crippen LogP contribution in [0.2, 0.25) is 5.02 Å². The van der Waals surface area contributed by atoms with Gasteiger partial charge in [0.1, 0.15) is 11.4 Å². The third-order valence-corrected chi connectivity index (χ3v) is 2.33. The van der Waals surface area contributed by atoms with Gasteiger partial charge in [-0.2, -0.15) is 0 Å².